The third-order valence-electron chi connectivity index (χ3n) is 1.46. The first-order chi connectivity index (χ1) is 6.84. The molecule has 0 fully saturated rings. The number of rotatable bonds is 4. The quantitative estimate of drug-likeness (QED) is 0.768. The van der Waals surface area contributed by atoms with E-state index >= 15 is 0 Å². The van der Waals surface area contributed by atoms with E-state index in [1.807, 2.05) is 0 Å². The van der Waals surface area contributed by atoms with Gasteiger partial charge >= 0.3 is 0 Å². The molecule has 2 N–H and O–H groups in total. The Morgan fingerprint density at radius 2 is 2.57 bits per heavy atom. The molecule has 14 heavy (non-hydrogen) atoms. The summed E-state index contributed by atoms with van der Waals surface area (Å²) in [6.07, 6.45) is 2.06. The van der Waals surface area contributed by atoms with E-state index in [2.05, 4.69) is 25.7 Å². The predicted molar refractivity (Wildman–Crippen MR) is 53.8 cm³/mol. The van der Waals surface area contributed by atoms with E-state index in [9.17, 15) is 0 Å². The summed E-state index contributed by atoms with van der Waals surface area (Å²) in [7, 11) is 0. The fraction of sp³-hybridized carbons (Fsp3) is 0.333. The Morgan fingerprint density at radius 1 is 1.64 bits per heavy atom. The molecule has 2 aromatic heterocycles. The van der Waals surface area contributed by atoms with E-state index in [0.717, 1.165) is 5.13 Å². The Balaban J connectivity index is 1.81. The molecule has 0 amide bonds. The summed E-state index contributed by atoms with van der Waals surface area (Å²) in [5.74, 6) is 0.608. The van der Waals surface area contributed by atoms with E-state index in [0.29, 0.717) is 22.8 Å². The van der Waals surface area contributed by atoms with E-state index in [1.54, 1.807) is 0 Å². The van der Waals surface area contributed by atoms with Gasteiger partial charge in [0.15, 0.2) is 10.3 Å². The molecule has 0 atom stereocenters. The summed E-state index contributed by atoms with van der Waals surface area (Å²) in [6.45, 7) is 0.693. The summed E-state index contributed by atoms with van der Waals surface area (Å²) >= 11 is 6.28. The van der Waals surface area contributed by atoms with Crippen LogP contribution in [0, 0.1) is 3.95 Å². The number of hydrogen-bond acceptors (Lipinski definition) is 7. The molecular weight excluding hydrogens is 222 g/mol. The monoisotopic (exact) mass is 229 g/mol. The molecule has 0 radical (unpaired) electrons. The molecule has 0 aliphatic carbocycles. The third-order valence-corrected chi connectivity index (χ3v) is 2.51. The molecule has 0 saturated heterocycles. The highest BCUT2D eigenvalue weighted by molar-refractivity contribution is 7.73. The van der Waals surface area contributed by atoms with Gasteiger partial charge in [-0.1, -0.05) is 16.5 Å². The lowest BCUT2D eigenvalue weighted by Crippen LogP contribution is -2.04. The van der Waals surface area contributed by atoms with Gasteiger partial charge in [0.1, 0.15) is 0 Å². The normalized spacial score (nSPS) is 10.3. The lowest BCUT2D eigenvalue weighted by Gasteiger charge is -1.96. The van der Waals surface area contributed by atoms with Crippen LogP contribution < -0.4 is 5.32 Å². The fourth-order valence-corrected chi connectivity index (χ4v) is 1.70. The number of nitrogens with one attached hydrogen (secondary N) is 2. The fourth-order valence-electron chi connectivity index (χ4n) is 0.888. The smallest absolute Gasteiger partial charge is 0.228 e. The van der Waals surface area contributed by atoms with Crippen molar-refractivity contribution in [1.29, 1.82) is 0 Å². The van der Waals surface area contributed by atoms with Crippen molar-refractivity contribution in [2.75, 3.05) is 11.9 Å². The molecule has 0 aliphatic heterocycles. The average molecular weight is 229 g/mol. The highest BCUT2D eigenvalue weighted by Crippen LogP contribution is 2.10. The molecule has 2 heterocycles. The van der Waals surface area contributed by atoms with E-state index in [1.165, 1.54) is 17.7 Å². The SMILES string of the molecule is S=c1[nH]nc(NCCc2ncno2)s1. The van der Waals surface area contributed by atoms with Gasteiger partial charge in [0.05, 0.1) is 0 Å². The Bertz CT molecular complexity index is 433. The standard InChI is InChI=1S/C6H7N5OS2/c13-6-11-10-5(14-6)7-2-1-4-8-3-9-12-4/h3H,1-2H2,(H,7,10)(H,11,13). The molecule has 74 valence electrons. The second-order valence-corrected chi connectivity index (χ2v) is 4.10. The first-order valence-corrected chi connectivity index (χ1v) is 5.12. The summed E-state index contributed by atoms with van der Waals surface area (Å²) in [4.78, 5) is 3.89. The van der Waals surface area contributed by atoms with Gasteiger partial charge in [0, 0.05) is 13.0 Å². The first-order valence-electron chi connectivity index (χ1n) is 3.89. The zero-order valence-corrected chi connectivity index (χ0v) is 8.69. The molecule has 0 aliphatic rings. The van der Waals surface area contributed by atoms with E-state index < -0.39 is 0 Å². The molecule has 6 nitrogen and oxygen atoms in total. The summed E-state index contributed by atoms with van der Waals surface area (Å²) in [5, 5.41) is 14.0. The number of aromatic amines is 1. The maximum Gasteiger partial charge on any atom is 0.228 e. The van der Waals surface area contributed by atoms with Gasteiger partial charge in [-0.2, -0.15) is 4.98 Å². The van der Waals surface area contributed by atoms with Crippen LogP contribution in [-0.2, 0) is 6.42 Å². The van der Waals surface area contributed by atoms with Crippen LogP contribution in [0.3, 0.4) is 0 Å². The van der Waals surface area contributed by atoms with Crippen molar-refractivity contribution in [3.8, 4) is 0 Å². The predicted octanol–water partition coefficient (Wildman–Crippen LogP) is 1.24. The minimum absolute atomic E-state index is 0.608. The average Bonchev–Trinajstić information content (AvgIpc) is 2.77. The van der Waals surface area contributed by atoms with Crippen LogP contribution in [0.4, 0.5) is 5.13 Å². The second kappa shape index (κ2) is 4.29. The lowest BCUT2D eigenvalue weighted by atomic mass is 10.4. The zero-order chi connectivity index (χ0) is 9.80. The lowest BCUT2D eigenvalue weighted by molar-refractivity contribution is 0.380. The van der Waals surface area contributed by atoms with Crippen molar-refractivity contribution in [3.05, 3.63) is 16.2 Å². The van der Waals surface area contributed by atoms with Crippen molar-refractivity contribution in [1.82, 2.24) is 20.3 Å². The van der Waals surface area contributed by atoms with Crippen LogP contribution >= 0.6 is 23.6 Å². The van der Waals surface area contributed by atoms with Crippen LogP contribution in [0.15, 0.2) is 10.9 Å². The summed E-state index contributed by atoms with van der Waals surface area (Å²) in [5.41, 5.74) is 0. The van der Waals surface area contributed by atoms with Gasteiger partial charge in [-0.05, 0) is 12.2 Å². The largest absolute Gasteiger partial charge is 0.360 e. The molecule has 2 rings (SSSR count). The summed E-state index contributed by atoms with van der Waals surface area (Å²) in [6, 6.07) is 0. The number of nitrogens with zero attached hydrogens (tertiary/aromatic N) is 3. The first kappa shape index (κ1) is 9.28. The van der Waals surface area contributed by atoms with Gasteiger partial charge in [0.2, 0.25) is 11.0 Å². The second-order valence-electron chi connectivity index (χ2n) is 2.43. The van der Waals surface area contributed by atoms with Crippen LogP contribution in [0.1, 0.15) is 5.89 Å². The molecule has 0 unspecified atom stereocenters. The number of anilines is 1. The Hall–Kier alpha value is -1.28. The van der Waals surface area contributed by atoms with E-state index in [4.69, 9.17) is 16.7 Å². The Morgan fingerprint density at radius 3 is 3.21 bits per heavy atom. The van der Waals surface area contributed by atoms with Gasteiger partial charge < -0.3 is 9.84 Å². The molecule has 0 aromatic carbocycles. The Kier molecular flexibility index (Phi) is 2.84. The van der Waals surface area contributed by atoms with Crippen LogP contribution in [0.25, 0.3) is 0 Å². The van der Waals surface area contributed by atoms with Crippen molar-refractivity contribution in [2.45, 2.75) is 6.42 Å². The zero-order valence-electron chi connectivity index (χ0n) is 7.06. The van der Waals surface area contributed by atoms with Crippen molar-refractivity contribution in [2.24, 2.45) is 0 Å². The minimum atomic E-state index is 0.608. The van der Waals surface area contributed by atoms with E-state index in [-0.39, 0.29) is 0 Å². The van der Waals surface area contributed by atoms with Crippen molar-refractivity contribution < 1.29 is 4.52 Å². The maximum absolute atomic E-state index is 4.88. The molecule has 0 saturated carbocycles. The van der Waals surface area contributed by atoms with Gasteiger partial charge in [0.25, 0.3) is 0 Å². The minimum Gasteiger partial charge on any atom is -0.360 e. The molecule has 0 bridgehead atoms. The highest BCUT2D eigenvalue weighted by atomic mass is 32.1. The molecule has 8 heteroatoms. The van der Waals surface area contributed by atoms with Crippen LogP contribution in [-0.4, -0.2) is 26.9 Å². The van der Waals surface area contributed by atoms with Gasteiger partial charge in [-0.3, -0.25) is 5.10 Å². The van der Waals surface area contributed by atoms with Crippen LogP contribution in [0.2, 0.25) is 0 Å². The number of aromatic nitrogens is 4. The number of H-pyrrole nitrogens is 1. The van der Waals surface area contributed by atoms with Gasteiger partial charge in [-0.25, -0.2) is 0 Å². The maximum atomic E-state index is 4.88. The molecule has 0 spiro atoms. The Labute approximate surface area is 88.4 Å². The molecular formula is C6H7N5OS2. The van der Waals surface area contributed by atoms with Crippen molar-refractivity contribution in [3.63, 3.8) is 0 Å². The topological polar surface area (TPSA) is 79.6 Å². The number of hydrogen-bond donors (Lipinski definition) is 2. The van der Waals surface area contributed by atoms with Crippen LogP contribution in [0.5, 0.6) is 0 Å². The third kappa shape index (κ3) is 2.36. The van der Waals surface area contributed by atoms with Crippen molar-refractivity contribution >= 4 is 28.7 Å². The molecule has 2 aromatic rings. The van der Waals surface area contributed by atoms with Gasteiger partial charge in [-0.15, -0.1) is 5.10 Å². The summed E-state index contributed by atoms with van der Waals surface area (Å²) < 4.78 is 5.49. The highest BCUT2D eigenvalue weighted by Gasteiger charge is 2.00.